The van der Waals surface area contributed by atoms with E-state index in [1.807, 2.05) is 58.5 Å². The zero-order valence-corrected chi connectivity index (χ0v) is 29.9. The third kappa shape index (κ3) is 13.4. The summed E-state index contributed by atoms with van der Waals surface area (Å²) in [6.07, 6.45) is 8.63. The van der Waals surface area contributed by atoms with E-state index in [0.717, 1.165) is 52.0 Å². The van der Waals surface area contributed by atoms with Gasteiger partial charge in [0, 0.05) is 51.7 Å². The molecule has 0 spiro atoms. The molecule has 4 atom stereocenters. The molecule has 10 heteroatoms. The first kappa shape index (κ1) is 39.8. The minimum atomic E-state index is -0.525. The number of nitrogens with one attached hydrogen (secondary N) is 2. The molecule has 44 heavy (non-hydrogen) atoms. The molecular formula is C34H66N6O4. The Hall–Kier alpha value is -2.20. The largest absolute Gasteiger partial charge is 0.357 e. The van der Waals surface area contributed by atoms with Crippen LogP contribution < -0.4 is 10.6 Å². The third-order valence-corrected chi connectivity index (χ3v) is 9.15. The molecule has 0 radical (unpaired) electrons. The molecule has 3 aliphatic rings. The summed E-state index contributed by atoms with van der Waals surface area (Å²) in [5, 5.41) is 5.68. The van der Waals surface area contributed by atoms with Gasteiger partial charge in [-0.05, 0) is 90.8 Å². The van der Waals surface area contributed by atoms with Crippen LogP contribution in [0.4, 0.5) is 0 Å². The zero-order valence-electron chi connectivity index (χ0n) is 29.9. The summed E-state index contributed by atoms with van der Waals surface area (Å²) in [5.41, 5.74) is -0.350. The third-order valence-electron chi connectivity index (χ3n) is 9.15. The van der Waals surface area contributed by atoms with E-state index in [1.165, 1.54) is 25.7 Å². The van der Waals surface area contributed by atoms with Crippen LogP contribution in [-0.2, 0) is 19.2 Å². The van der Waals surface area contributed by atoms with E-state index >= 15 is 0 Å². The summed E-state index contributed by atoms with van der Waals surface area (Å²) in [5.74, 6) is 0.600. The van der Waals surface area contributed by atoms with Crippen molar-refractivity contribution in [3.8, 4) is 0 Å². The summed E-state index contributed by atoms with van der Waals surface area (Å²) < 4.78 is 0. The Morgan fingerprint density at radius 1 is 0.932 bits per heavy atom. The topological polar surface area (TPSA) is 105 Å². The number of amides is 4. The smallest absolute Gasteiger partial charge is 0.245 e. The van der Waals surface area contributed by atoms with Crippen molar-refractivity contribution in [2.24, 2.45) is 11.3 Å². The number of hydrogen-bond acceptors (Lipinski definition) is 6. The highest BCUT2D eigenvalue weighted by Crippen LogP contribution is 2.26. The summed E-state index contributed by atoms with van der Waals surface area (Å²) in [4.78, 5) is 55.3. The van der Waals surface area contributed by atoms with Gasteiger partial charge in [-0.2, -0.15) is 0 Å². The van der Waals surface area contributed by atoms with Crippen LogP contribution in [0.3, 0.4) is 0 Å². The zero-order chi connectivity index (χ0) is 33.6. The number of nitrogens with zero attached hydrogens (tertiary/aromatic N) is 4. The molecule has 256 valence electrons. The lowest BCUT2D eigenvalue weighted by molar-refractivity contribution is -0.142. The van der Waals surface area contributed by atoms with E-state index in [2.05, 4.69) is 41.2 Å². The normalized spacial score (nSPS) is 22.3. The SMILES string of the molecule is CC(=O)N1CCCC1.CC(C)C(CN1CCC[C@H]1C)N(C)C(=O)C(NC(=O)C1CCCCN1C)C(C)(C)C.CC(C)NC=O. The first-order chi connectivity index (χ1) is 20.5. The standard InChI is InChI=1S/C24H46N4O2.C6H11NO.C4H9NO/c1-17(2)20(16-28-15-11-12-18(28)3)27(8)23(30)21(24(4,5)6)25-22(29)19-13-9-10-14-26(19)7;1-6(8)7-4-2-3-5-7;1-4(2)5-3-6/h17-21H,9-16H2,1-8H3,(H,25,29);2-5H2,1H3;3-4H,1-2H3,(H,5,6)/t18-,19?,20?,21?;;/m1../s1. The molecule has 3 saturated heterocycles. The highest BCUT2D eigenvalue weighted by atomic mass is 16.2. The van der Waals surface area contributed by atoms with Gasteiger partial charge in [-0.1, -0.05) is 41.0 Å². The summed E-state index contributed by atoms with van der Waals surface area (Å²) in [6.45, 7) is 23.2. The van der Waals surface area contributed by atoms with Crippen molar-refractivity contribution < 1.29 is 19.2 Å². The lowest BCUT2D eigenvalue weighted by atomic mass is 9.84. The van der Waals surface area contributed by atoms with Crippen LogP contribution in [0.2, 0.25) is 0 Å². The minimum absolute atomic E-state index is 0.00635. The predicted octanol–water partition coefficient (Wildman–Crippen LogP) is 3.74. The van der Waals surface area contributed by atoms with Crippen molar-refractivity contribution in [3.05, 3.63) is 0 Å². The Labute approximate surface area is 269 Å². The maximum Gasteiger partial charge on any atom is 0.245 e. The molecule has 3 fully saturated rings. The fourth-order valence-corrected chi connectivity index (χ4v) is 6.11. The van der Waals surface area contributed by atoms with Crippen LogP contribution in [0.1, 0.15) is 107 Å². The minimum Gasteiger partial charge on any atom is -0.357 e. The number of carbonyl (C=O) groups excluding carboxylic acids is 4. The molecule has 0 aromatic heterocycles. The second-order valence-corrected chi connectivity index (χ2v) is 14.7. The first-order valence-corrected chi connectivity index (χ1v) is 17.0. The first-order valence-electron chi connectivity index (χ1n) is 17.0. The highest BCUT2D eigenvalue weighted by molar-refractivity contribution is 5.90. The molecule has 0 aromatic carbocycles. The number of hydrogen-bond donors (Lipinski definition) is 2. The van der Waals surface area contributed by atoms with E-state index in [4.69, 9.17) is 0 Å². The highest BCUT2D eigenvalue weighted by Gasteiger charge is 2.40. The lowest BCUT2D eigenvalue weighted by Gasteiger charge is -2.41. The molecule has 0 aliphatic carbocycles. The van der Waals surface area contributed by atoms with Gasteiger partial charge in [-0.3, -0.25) is 29.0 Å². The van der Waals surface area contributed by atoms with Crippen molar-refractivity contribution in [1.29, 1.82) is 0 Å². The second kappa shape index (κ2) is 19.3. The van der Waals surface area contributed by atoms with E-state index in [9.17, 15) is 19.2 Å². The molecule has 3 rings (SSSR count). The van der Waals surface area contributed by atoms with Crippen LogP contribution in [0, 0.1) is 11.3 Å². The van der Waals surface area contributed by atoms with Crippen molar-refractivity contribution >= 4 is 24.1 Å². The molecular weight excluding hydrogens is 556 g/mol. The van der Waals surface area contributed by atoms with Gasteiger partial charge in [0.2, 0.25) is 24.1 Å². The van der Waals surface area contributed by atoms with Crippen LogP contribution >= 0.6 is 0 Å². The average Bonchev–Trinajstić information content (AvgIpc) is 3.62. The molecule has 3 aliphatic heterocycles. The lowest BCUT2D eigenvalue weighted by Crippen LogP contribution is -2.60. The average molecular weight is 623 g/mol. The summed E-state index contributed by atoms with van der Waals surface area (Å²) in [6, 6.07) is 0.338. The predicted molar refractivity (Wildman–Crippen MR) is 179 cm³/mol. The van der Waals surface area contributed by atoms with Crippen molar-refractivity contribution in [2.75, 3.05) is 46.8 Å². The van der Waals surface area contributed by atoms with Crippen molar-refractivity contribution in [1.82, 2.24) is 30.2 Å². The van der Waals surface area contributed by atoms with E-state index in [1.54, 1.807) is 6.92 Å². The van der Waals surface area contributed by atoms with Crippen LogP contribution in [0.5, 0.6) is 0 Å². The molecule has 0 aromatic rings. The van der Waals surface area contributed by atoms with Gasteiger partial charge in [0.1, 0.15) is 6.04 Å². The Bertz CT molecular complexity index is 883. The van der Waals surface area contributed by atoms with Gasteiger partial charge in [0.15, 0.2) is 0 Å². The van der Waals surface area contributed by atoms with Crippen LogP contribution in [0.25, 0.3) is 0 Å². The van der Waals surface area contributed by atoms with Gasteiger partial charge < -0.3 is 20.4 Å². The van der Waals surface area contributed by atoms with E-state index in [0.29, 0.717) is 18.4 Å². The number of likely N-dealkylation sites (tertiary alicyclic amines) is 3. The monoisotopic (exact) mass is 623 g/mol. The molecule has 3 heterocycles. The number of piperidine rings is 1. The molecule has 2 N–H and O–H groups in total. The second-order valence-electron chi connectivity index (χ2n) is 14.7. The molecule has 4 amide bonds. The van der Waals surface area contributed by atoms with Gasteiger partial charge in [0.05, 0.1) is 6.04 Å². The van der Waals surface area contributed by atoms with Gasteiger partial charge in [-0.15, -0.1) is 0 Å². The van der Waals surface area contributed by atoms with Crippen LogP contribution in [0.15, 0.2) is 0 Å². The fourth-order valence-electron chi connectivity index (χ4n) is 6.11. The Balaban J connectivity index is 0.000000565. The Morgan fingerprint density at radius 2 is 1.52 bits per heavy atom. The maximum atomic E-state index is 13.7. The molecule has 0 saturated carbocycles. The fraction of sp³-hybridized carbons (Fsp3) is 0.882. The Kier molecular flexibility index (Phi) is 17.5. The number of likely N-dealkylation sites (N-methyl/N-ethyl adjacent to an activating group) is 2. The summed E-state index contributed by atoms with van der Waals surface area (Å²) in [7, 11) is 3.93. The van der Waals surface area contributed by atoms with Gasteiger partial charge >= 0.3 is 0 Å². The molecule has 0 bridgehead atoms. The maximum absolute atomic E-state index is 13.7. The van der Waals surface area contributed by atoms with Gasteiger partial charge in [-0.25, -0.2) is 0 Å². The summed E-state index contributed by atoms with van der Waals surface area (Å²) >= 11 is 0. The number of rotatable bonds is 9. The van der Waals surface area contributed by atoms with Crippen molar-refractivity contribution in [2.45, 2.75) is 137 Å². The van der Waals surface area contributed by atoms with Crippen LogP contribution in [-0.4, -0.2) is 121 Å². The van der Waals surface area contributed by atoms with Crippen molar-refractivity contribution in [3.63, 3.8) is 0 Å². The van der Waals surface area contributed by atoms with E-state index in [-0.39, 0.29) is 41.3 Å². The van der Waals surface area contributed by atoms with Gasteiger partial charge in [0.25, 0.3) is 0 Å². The Morgan fingerprint density at radius 3 is 1.91 bits per heavy atom. The molecule has 3 unspecified atom stereocenters. The quantitative estimate of drug-likeness (QED) is 0.380. The molecule has 10 nitrogen and oxygen atoms in total. The van der Waals surface area contributed by atoms with E-state index < -0.39 is 6.04 Å². The number of carbonyl (C=O) groups is 4.